The van der Waals surface area contributed by atoms with Crippen molar-refractivity contribution >= 4 is 78.5 Å². The highest BCUT2D eigenvalue weighted by Crippen LogP contribution is 2.51. The van der Waals surface area contributed by atoms with Crippen LogP contribution in [-0.2, 0) is 0 Å². The summed E-state index contributed by atoms with van der Waals surface area (Å²) < 4.78 is 0. The molecule has 1 aliphatic carbocycles. The van der Waals surface area contributed by atoms with Gasteiger partial charge in [0.1, 0.15) is 0 Å². The third kappa shape index (κ3) is 5.99. The smallest absolute Gasteiger partial charge is 0.126 e. The predicted octanol–water partition coefficient (Wildman–Crippen LogP) is 6.49. The highest BCUT2D eigenvalue weighted by molar-refractivity contribution is 7.65. The molecule has 0 N–H and O–H groups in total. The molecule has 0 radical (unpaired) electrons. The van der Waals surface area contributed by atoms with Crippen LogP contribution in [0.3, 0.4) is 0 Å². The van der Waals surface area contributed by atoms with Crippen molar-refractivity contribution in [2.75, 3.05) is 0 Å². The normalized spacial score (nSPS) is 29.1. The fraction of sp³-hybridized carbons (Fsp3) is 1.00. The molecule has 0 aliphatic heterocycles. The van der Waals surface area contributed by atoms with Crippen LogP contribution in [0.1, 0.15) is 32.6 Å². The second kappa shape index (κ2) is 6.75. The van der Waals surface area contributed by atoms with Crippen LogP contribution in [-0.4, -0.2) is 12.0 Å². The average molecular weight is 393 g/mol. The van der Waals surface area contributed by atoms with Crippen molar-refractivity contribution in [3.8, 4) is 0 Å². The standard InChI is InChI=1S/C9H16Cl6Si2/c1-7(6-16(10,11)12)8-4-2-3-5-9(8)17(13,14)15/h7-9H,2-6H2,1H3. The largest absolute Gasteiger partial charge is 0.344 e. The van der Waals surface area contributed by atoms with Gasteiger partial charge in [-0.2, -0.15) is 0 Å². The summed E-state index contributed by atoms with van der Waals surface area (Å²) in [5, 5.41) is 0. The number of halogens is 6. The van der Waals surface area contributed by atoms with Crippen LogP contribution in [0, 0.1) is 11.8 Å². The topological polar surface area (TPSA) is 0 Å². The van der Waals surface area contributed by atoms with Gasteiger partial charge in [0.15, 0.2) is 0 Å². The minimum atomic E-state index is -2.65. The minimum Gasteiger partial charge on any atom is -0.126 e. The van der Waals surface area contributed by atoms with Gasteiger partial charge < -0.3 is 0 Å². The molecule has 0 bridgehead atoms. The van der Waals surface area contributed by atoms with Gasteiger partial charge in [-0.1, -0.05) is 26.2 Å². The average Bonchev–Trinajstić information content (AvgIpc) is 2.13. The van der Waals surface area contributed by atoms with Crippen molar-refractivity contribution in [1.82, 2.24) is 0 Å². The molecule has 0 aromatic carbocycles. The summed E-state index contributed by atoms with van der Waals surface area (Å²) in [6.45, 7) is 2.13. The maximum atomic E-state index is 6.20. The van der Waals surface area contributed by atoms with E-state index in [2.05, 4.69) is 6.92 Å². The Bertz CT molecular complexity index is 249. The van der Waals surface area contributed by atoms with E-state index in [4.69, 9.17) is 66.5 Å². The predicted molar refractivity (Wildman–Crippen MR) is 86.3 cm³/mol. The Morgan fingerprint density at radius 2 is 1.53 bits per heavy atom. The molecule has 0 aromatic rings. The van der Waals surface area contributed by atoms with Crippen molar-refractivity contribution in [2.45, 2.75) is 44.2 Å². The fourth-order valence-electron chi connectivity index (χ4n) is 2.76. The highest BCUT2D eigenvalue weighted by atomic mass is 35.8. The summed E-state index contributed by atoms with van der Waals surface area (Å²) in [4.78, 5) is 0. The Morgan fingerprint density at radius 1 is 1.00 bits per heavy atom. The lowest BCUT2D eigenvalue weighted by Crippen LogP contribution is -2.34. The summed E-state index contributed by atoms with van der Waals surface area (Å²) >= 11 is 36.6. The molecule has 3 unspecified atom stereocenters. The lowest BCUT2D eigenvalue weighted by Gasteiger charge is -2.39. The lowest BCUT2D eigenvalue weighted by molar-refractivity contribution is 0.277. The Hall–Kier alpha value is 2.17. The highest BCUT2D eigenvalue weighted by Gasteiger charge is 2.46. The van der Waals surface area contributed by atoms with Crippen molar-refractivity contribution in [1.29, 1.82) is 0 Å². The first-order chi connectivity index (χ1) is 7.61. The summed E-state index contributed by atoms with van der Waals surface area (Å²) in [5.41, 5.74) is 0.220. The van der Waals surface area contributed by atoms with Crippen LogP contribution >= 0.6 is 66.5 Å². The zero-order chi connectivity index (χ0) is 13.3. The molecule has 17 heavy (non-hydrogen) atoms. The van der Waals surface area contributed by atoms with Gasteiger partial charge in [-0.15, -0.1) is 66.5 Å². The molecule has 1 fully saturated rings. The van der Waals surface area contributed by atoms with Gasteiger partial charge in [-0.25, -0.2) is 0 Å². The quantitative estimate of drug-likeness (QED) is 0.378. The summed E-state index contributed by atoms with van der Waals surface area (Å²) in [5.74, 6) is 0.744. The van der Waals surface area contributed by atoms with Crippen molar-refractivity contribution < 1.29 is 0 Å². The van der Waals surface area contributed by atoms with E-state index in [0.29, 0.717) is 17.9 Å². The molecular formula is C9H16Cl6Si2. The first-order valence-electron chi connectivity index (χ1n) is 5.74. The van der Waals surface area contributed by atoms with Gasteiger partial charge in [-0.3, -0.25) is 0 Å². The molecule has 8 heteroatoms. The molecule has 0 nitrogen and oxygen atoms in total. The van der Waals surface area contributed by atoms with E-state index in [9.17, 15) is 0 Å². The zero-order valence-corrected chi connectivity index (χ0v) is 16.1. The first-order valence-corrected chi connectivity index (χ1v) is 16.1. The summed E-state index contributed by atoms with van der Waals surface area (Å²) in [6, 6.07) is -4.58. The van der Waals surface area contributed by atoms with Crippen LogP contribution in [0.15, 0.2) is 0 Å². The van der Waals surface area contributed by atoms with Gasteiger partial charge >= 0.3 is 12.0 Å². The van der Waals surface area contributed by atoms with E-state index in [1.165, 1.54) is 6.42 Å². The number of rotatable bonds is 4. The van der Waals surface area contributed by atoms with Crippen LogP contribution in [0.25, 0.3) is 0 Å². The van der Waals surface area contributed by atoms with E-state index in [0.717, 1.165) is 19.3 Å². The Kier molecular flexibility index (Phi) is 6.84. The zero-order valence-electron chi connectivity index (χ0n) is 9.54. The van der Waals surface area contributed by atoms with Gasteiger partial charge in [0.25, 0.3) is 0 Å². The third-order valence-electron chi connectivity index (χ3n) is 3.52. The van der Waals surface area contributed by atoms with E-state index in [1.54, 1.807) is 0 Å². The molecule has 0 heterocycles. The molecule has 0 aromatic heterocycles. The van der Waals surface area contributed by atoms with Gasteiger partial charge in [0, 0.05) is 0 Å². The van der Waals surface area contributed by atoms with Gasteiger partial charge in [-0.05, 0) is 29.8 Å². The molecule has 1 saturated carbocycles. The Labute approximate surface area is 133 Å². The maximum absolute atomic E-state index is 6.20. The molecule has 102 valence electrons. The third-order valence-corrected chi connectivity index (χ3v) is 10.1. The molecule has 3 atom stereocenters. The molecular weight excluding hydrogens is 377 g/mol. The van der Waals surface area contributed by atoms with Crippen LogP contribution in [0.4, 0.5) is 0 Å². The molecule has 0 saturated heterocycles. The maximum Gasteiger partial charge on any atom is 0.344 e. The number of hydrogen-bond donors (Lipinski definition) is 0. The fourth-order valence-corrected chi connectivity index (χ4v) is 9.94. The molecule has 1 rings (SSSR count). The lowest BCUT2D eigenvalue weighted by atomic mass is 9.81. The van der Waals surface area contributed by atoms with Crippen LogP contribution < -0.4 is 0 Å². The van der Waals surface area contributed by atoms with Crippen molar-refractivity contribution in [2.24, 2.45) is 11.8 Å². The SMILES string of the molecule is CC(C[Si](Cl)(Cl)Cl)C1CCCCC1[Si](Cl)(Cl)Cl. The van der Waals surface area contributed by atoms with Gasteiger partial charge in [0.2, 0.25) is 0 Å². The van der Waals surface area contributed by atoms with Crippen molar-refractivity contribution in [3.63, 3.8) is 0 Å². The second-order valence-electron chi connectivity index (χ2n) is 4.89. The Morgan fingerprint density at radius 3 is 2.00 bits per heavy atom. The van der Waals surface area contributed by atoms with Crippen molar-refractivity contribution in [3.05, 3.63) is 0 Å². The molecule has 0 spiro atoms. The second-order valence-corrected chi connectivity index (χ2v) is 23.0. The molecule has 0 amide bonds. The van der Waals surface area contributed by atoms with Crippen LogP contribution in [0.2, 0.25) is 11.6 Å². The van der Waals surface area contributed by atoms with E-state index >= 15 is 0 Å². The molecule has 1 aliphatic rings. The summed E-state index contributed by atoms with van der Waals surface area (Å²) in [6.07, 6.45) is 4.46. The first kappa shape index (κ1) is 17.2. The monoisotopic (exact) mass is 390 g/mol. The number of hydrogen-bond acceptors (Lipinski definition) is 0. The van der Waals surface area contributed by atoms with E-state index in [-0.39, 0.29) is 5.54 Å². The Balaban J connectivity index is 2.71. The summed E-state index contributed by atoms with van der Waals surface area (Å²) in [7, 11) is 0. The van der Waals surface area contributed by atoms with Crippen LogP contribution in [0.5, 0.6) is 0 Å². The van der Waals surface area contributed by atoms with E-state index in [1.807, 2.05) is 0 Å². The van der Waals surface area contributed by atoms with E-state index < -0.39 is 12.0 Å². The minimum absolute atomic E-state index is 0.220. The van der Waals surface area contributed by atoms with Gasteiger partial charge in [0.05, 0.1) is 0 Å².